The van der Waals surface area contributed by atoms with Crippen LogP contribution >= 0.6 is 23.2 Å². The minimum atomic E-state index is -4.93. The van der Waals surface area contributed by atoms with E-state index in [0.717, 1.165) is 9.13 Å². The summed E-state index contributed by atoms with van der Waals surface area (Å²) in [5, 5.41) is 25.2. The predicted octanol–water partition coefficient (Wildman–Crippen LogP) is 4.24. The fraction of sp³-hybridized carbons (Fsp3) is 0.292. The zero-order chi connectivity index (χ0) is 27.8. The van der Waals surface area contributed by atoms with E-state index in [2.05, 4.69) is 10.1 Å². The van der Waals surface area contributed by atoms with Crippen molar-refractivity contribution in [2.75, 3.05) is 7.11 Å². The second-order valence-electron chi connectivity index (χ2n) is 8.39. The molecule has 2 aromatic carbocycles. The van der Waals surface area contributed by atoms with Crippen molar-refractivity contribution in [2.45, 2.75) is 38.4 Å². The van der Waals surface area contributed by atoms with Crippen LogP contribution in [0.2, 0.25) is 10.0 Å². The zero-order valence-corrected chi connectivity index (χ0v) is 21.5. The van der Waals surface area contributed by atoms with Crippen LogP contribution in [0.15, 0.2) is 53.5 Å². The van der Waals surface area contributed by atoms with E-state index in [-0.39, 0.29) is 23.9 Å². The summed E-state index contributed by atoms with van der Waals surface area (Å²) in [4.78, 5) is 17.5. The van der Waals surface area contributed by atoms with E-state index in [4.69, 9.17) is 27.9 Å². The van der Waals surface area contributed by atoms with Crippen molar-refractivity contribution in [2.24, 2.45) is 0 Å². The average Bonchev–Trinajstić information content (AvgIpc) is 3.41. The van der Waals surface area contributed by atoms with Crippen molar-refractivity contribution in [3.05, 3.63) is 80.8 Å². The van der Waals surface area contributed by atoms with Gasteiger partial charge >= 0.3 is 11.9 Å². The molecule has 4 rings (SSSR count). The Hall–Kier alpha value is -3.32. The smallest absolute Gasteiger partial charge is 0.416 e. The Morgan fingerprint density at radius 1 is 1.08 bits per heavy atom. The first-order valence-corrected chi connectivity index (χ1v) is 11.9. The van der Waals surface area contributed by atoms with Gasteiger partial charge in [-0.25, -0.2) is 14.5 Å². The van der Waals surface area contributed by atoms with Crippen LogP contribution in [0.3, 0.4) is 0 Å². The maximum atomic E-state index is 13.2. The lowest BCUT2D eigenvalue weighted by atomic mass is 10.1. The standard InChI is InChI=1S/C24H22Cl2F3N5O4/c1-13(35)22-30-21(31-34(22)17-9-16(26)7-8-19(17)38-2)12-32-10-18(14-3-5-15(25)6-4-14)33(23(32)37)11-20(36)24(27,28)29/h3-10,13,20,35-36H,11-12H2,1-2H3/t13-,20?/m0/s1. The highest BCUT2D eigenvalue weighted by atomic mass is 35.5. The second kappa shape index (κ2) is 10.8. The van der Waals surface area contributed by atoms with Gasteiger partial charge in [0.05, 0.1) is 25.9 Å². The number of hydrogen-bond donors (Lipinski definition) is 2. The van der Waals surface area contributed by atoms with E-state index >= 15 is 0 Å². The van der Waals surface area contributed by atoms with Crippen LogP contribution in [-0.2, 0) is 13.1 Å². The molecule has 4 aromatic rings. The first-order valence-electron chi connectivity index (χ1n) is 11.2. The molecule has 2 N–H and O–H groups in total. The Kier molecular flexibility index (Phi) is 7.88. The second-order valence-corrected chi connectivity index (χ2v) is 9.26. The Morgan fingerprint density at radius 3 is 2.34 bits per heavy atom. The van der Waals surface area contributed by atoms with Gasteiger partial charge in [0.2, 0.25) is 0 Å². The number of rotatable bonds is 8. The molecule has 2 atom stereocenters. The fourth-order valence-electron chi connectivity index (χ4n) is 3.81. The largest absolute Gasteiger partial charge is 0.494 e. The van der Waals surface area contributed by atoms with E-state index in [1.54, 1.807) is 30.3 Å². The van der Waals surface area contributed by atoms with Crippen LogP contribution in [0.5, 0.6) is 5.75 Å². The average molecular weight is 572 g/mol. The number of aliphatic hydroxyl groups is 2. The number of imidazole rings is 1. The molecule has 0 amide bonds. The lowest BCUT2D eigenvalue weighted by Crippen LogP contribution is -2.37. The quantitative estimate of drug-likeness (QED) is 0.327. The maximum Gasteiger partial charge on any atom is 0.416 e. The van der Waals surface area contributed by atoms with Crippen LogP contribution in [0.25, 0.3) is 16.9 Å². The number of nitrogens with zero attached hydrogens (tertiary/aromatic N) is 5. The van der Waals surface area contributed by atoms with Crippen LogP contribution in [-0.4, -0.2) is 53.5 Å². The summed E-state index contributed by atoms with van der Waals surface area (Å²) in [6.07, 6.45) is -7.43. The lowest BCUT2D eigenvalue weighted by molar-refractivity contribution is -0.207. The van der Waals surface area contributed by atoms with Crippen molar-refractivity contribution < 1.29 is 28.1 Å². The van der Waals surface area contributed by atoms with Crippen molar-refractivity contribution in [3.63, 3.8) is 0 Å². The van der Waals surface area contributed by atoms with Crippen molar-refractivity contribution in [1.29, 1.82) is 0 Å². The van der Waals surface area contributed by atoms with E-state index in [1.807, 2.05) is 0 Å². The van der Waals surface area contributed by atoms with Gasteiger partial charge in [-0.05, 0) is 42.8 Å². The number of methoxy groups -OCH3 is 1. The number of aromatic nitrogens is 5. The van der Waals surface area contributed by atoms with Crippen LogP contribution < -0.4 is 10.4 Å². The molecule has 0 fully saturated rings. The normalized spacial score (nSPS) is 13.5. The van der Waals surface area contributed by atoms with Crippen LogP contribution in [0.1, 0.15) is 24.7 Å². The highest BCUT2D eigenvalue weighted by molar-refractivity contribution is 6.31. The lowest BCUT2D eigenvalue weighted by Gasteiger charge is -2.16. The minimum Gasteiger partial charge on any atom is -0.494 e. The number of hydrogen-bond acceptors (Lipinski definition) is 6. The molecule has 14 heteroatoms. The highest BCUT2D eigenvalue weighted by Crippen LogP contribution is 2.29. The molecular weight excluding hydrogens is 550 g/mol. The third-order valence-corrected chi connectivity index (χ3v) is 6.14. The molecule has 0 radical (unpaired) electrons. The minimum absolute atomic E-state index is 0.0844. The Bertz CT molecular complexity index is 1500. The van der Waals surface area contributed by atoms with E-state index in [1.165, 1.54) is 37.0 Å². The van der Waals surface area contributed by atoms with E-state index < -0.39 is 30.6 Å². The van der Waals surface area contributed by atoms with Gasteiger partial charge < -0.3 is 14.9 Å². The molecule has 2 aromatic heterocycles. The molecular formula is C24H22Cl2F3N5O4. The number of benzene rings is 2. The summed E-state index contributed by atoms with van der Waals surface area (Å²) in [5.74, 6) is 0.599. The molecule has 1 unspecified atom stereocenters. The molecule has 0 spiro atoms. The van der Waals surface area contributed by atoms with Gasteiger partial charge in [0.15, 0.2) is 17.8 Å². The molecule has 0 aliphatic rings. The SMILES string of the molecule is COc1ccc(Cl)cc1-n1nc(Cn2cc(-c3ccc(Cl)cc3)n(CC(O)C(F)(F)F)c2=O)nc1[C@H](C)O. The summed E-state index contributed by atoms with van der Waals surface area (Å²) >= 11 is 12.1. The molecule has 2 heterocycles. The van der Waals surface area contributed by atoms with Crippen LogP contribution in [0.4, 0.5) is 13.2 Å². The van der Waals surface area contributed by atoms with E-state index in [9.17, 15) is 28.2 Å². The van der Waals surface area contributed by atoms with Gasteiger partial charge in [-0.15, -0.1) is 5.10 Å². The Labute approximate surface area is 224 Å². The molecule has 9 nitrogen and oxygen atoms in total. The van der Waals surface area contributed by atoms with E-state index in [0.29, 0.717) is 27.0 Å². The fourth-order valence-corrected chi connectivity index (χ4v) is 4.10. The van der Waals surface area contributed by atoms with Crippen molar-refractivity contribution in [1.82, 2.24) is 23.9 Å². The summed E-state index contributed by atoms with van der Waals surface area (Å²) in [6, 6.07) is 10.9. The molecule has 202 valence electrons. The summed E-state index contributed by atoms with van der Waals surface area (Å²) < 4.78 is 48.0. The summed E-state index contributed by atoms with van der Waals surface area (Å²) in [5.41, 5.74) is 0.0939. The van der Waals surface area contributed by atoms with Gasteiger partial charge in [-0.2, -0.15) is 13.2 Å². The van der Waals surface area contributed by atoms with Crippen LogP contribution in [0, 0.1) is 0 Å². The van der Waals surface area contributed by atoms with Crippen molar-refractivity contribution >= 4 is 23.2 Å². The molecule has 0 aliphatic carbocycles. The number of aliphatic hydroxyl groups excluding tert-OH is 2. The molecule has 0 saturated carbocycles. The van der Waals surface area contributed by atoms with Gasteiger partial charge in [-0.1, -0.05) is 35.3 Å². The van der Waals surface area contributed by atoms with Gasteiger partial charge in [0.25, 0.3) is 0 Å². The first kappa shape index (κ1) is 27.7. The molecule has 0 bridgehead atoms. The number of ether oxygens (including phenoxy) is 1. The zero-order valence-electron chi connectivity index (χ0n) is 20.0. The summed E-state index contributed by atoms with van der Waals surface area (Å²) in [7, 11) is 1.45. The Balaban J connectivity index is 1.79. The molecule has 0 aliphatic heterocycles. The topological polar surface area (TPSA) is 107 Å². The maximum absolute atomic E-state index is 13.2. The van der Waals surface area contributed by atoms with Gasteiger partial charge in [0.1, 0.15) is 17.5 Å². The number of alkyl halides is 3. The van der Waals surface area contributed by atoms with Gasteiger partial charge in [0, 0.05) is 16.2 Å². The molecule has 0 saturated heterocycles. The Morgan fingerprint density at radius 2 is 1.74 bits per heavy atom. The van der Waals surface area contributed by atoms with Gasteiger partial charge in [-0.3, -0.25) is 9.13 Å². The highest BCUT2D eigenvalue weighted by Gasteiger charge is 2.39. The first-order chi connectivity index (χ1) is 17.9. The summed E-state index contributed by atoms with van der Waals surface area (Å²) in [6.45, 7) is 0.207. The molecule has 38 heavy (non-hydrogen) atoms. The predicted molar refractivity (Wildman–Crippen MR) is 134 cm³/mol. The third kappa shape index (κ3) is 5.73. The third-order valence-electron chi connectivity index (χ3n) is 5.65. The number of halogens is 5. The monoisotopic (exact) mass is 571 g/mol. The van der Waals surface area contributed by atoms with Crippen molar-refractivity contribution in [3.8, 4) is 22.7 Å².